The maximum Gasteiger partial charge on any atom is 0.342 e. The van der Waals surface area contributed by atoms with Crippen molar-refractivity contribution in [2.45, 2.75) is 45.1 Å². The fourth-order valence-corrected chi connectivity index (χ4v) is 3.61. The number of nitrogens with zero attached hydrogens (tertiary/aromatic N) is 3. The minimum absolute atomic E-state index is 0.207. The molecule has 2 heterocycles. The molecular weight excluding hydrogens is 354 g/mol. The third-order valence-corrected chi connectivity index (χ3v) is 4.74. The molecule has 1 aliphatic carbocycles. The van der Waals surface area contributed by atoms with Crippen LogP contribution >= 0.6 is 11.6 Å². The molecule has 0 amide bonds. The molecule has 26 heavy (non-hydrogen) atoms. The van der Waals surface area contributed by atoms with E-state index in [2.05, 4.69) is 10.3 Å². The Morgan fingerprint density at radius 1 is 1.42 bits per heavy atom. The monoisotopic (exact) mass is 376 g/mol. The summed E-state index contributed by atoms with van der Waals surface area (Å²) < 4.78 is 3.18. The summed E-state index contributed by atoms with van der Waals surface area (Å²) in [6.07, 6.45) is 11.5. The van der Waals surface area contributed by atoms with Gasteiger partial charge in [0.05, 0.1) is 12.3 Å². The maximum absolute atomic E-state index is 12.3. The number of carbonyl (C=O) groups is 1. The van der Waals surface area contributed by atoms with E-state index >= 15 is 0 Å². The van der Waals surface area contributed by atoms with E-state index in [1.807, 2.05) is 0 Å². The summed E-state index contributed by atoms with van der Waals surface area (Å²) in [6.45, 7) is 1.46. The molecule has 8 heteroatoms. The van der Waals surface area contributed by atoms with Gasteiger partial charge in [-0.3, -0.25) is 4.79 Å². The molecule has 1 aliphatic rings. The lowest BCUT2D eigenvalue weighted by atomic mass is 9.95. The first kappa shape index (κ1) is 18.3. The van der Waals surface area contributed by atoms with Gasteiger partial charge in [-0.05, 0) is 25.0 Å². The van der Waals surface area contributed by atoms with E-state index in [0.717, 1.165) is 19.1 Å². The van der Waals surface area contributed by atoms with Crippen molar-refractivity contribution >= 4 is 41.0 Å². The molecule has 0 aliphatic heterocycles. The number of nitrogen functional groups attached to an aromatic ring is 1. The lowest BCUT2D eigenvalue weighted by Crippen LogP contribution is -2.34. The molecule has 2 aromatic heterocycles. The van der Waals surface area contributed by atoms with Gasteiger partial charge in [-0.15, -0.1) is 4.98 Å². The molecule has 0 radical (unpaired) electrons. The van der Waals surface area contributed by atoms with Gasteiger partial charge < -0.3 is 16.2 Å². The minimum atomic E-state index is -0.207. The van der Waals surface area contributed by atoms with Crippen LogP contribution in [-0.4, -0.2) is 26.6 Å². The standard InChI is InChI=1S/C18H22ClN5O2/c1-12(26)23-14(9-5-6-10-25)17(21-13-7-3-2-4-8-13)24-16(20)11-15(19)22-18(23)24/h5-6,9-11,13,20-21,25H,2-4,7-8H2,1H3/p+1/b9-5+,10-6-. The topological polar surface area (TPSA) is 97.3 Å². The van der Waals surface area contributed by atoms with Gasteiger partial charge in [-0.1, -0.05) is 36.9 Å². The van der Waals surface area contributed by atoms with Crippen molar-refractivity contribution in [1.29, 1.82) is 0 Å². The lowest BCUT2D eigenvalue weighted by Gasteiger charge is -2.21. The second kappa shape index (κ2) is 7.78. The first-order chi connectivity index (χ1) is 12.5. The molecular formula is C18H23ClN5O2+. The predicted molar refractivity (Wildman–Crippen MR) is 102 cm³/mol. The number of aliphatic hydroxyl groups excluding tert-OH is 1. The Morgan fingerprint density at radius 3 is 2.81 bits per heavy atom. The summed E-state index contributed by atoms with van der Waals surface area (Å²) in [5, 5.41) is 12.7. The SMILES string of the molecule is CC(=O)n1c(/C=C/C=C\O)c(NC2CCCCC2)[n+]2c(N)cc(Cl)nc12. The third-order valence-electron chi connectivity index (χ3n) is 4.55. The quantitative estimate of drug-likeness (QED) is 0.329. The highest BCUT2D eigenvalue weighted by atomic mass is 35.5. The number of nitrogens with two attached hydrogens (primary N) is 1. The summed E-state index contributed by atoms with van der Waals surface area (Å²) in [5.41, 5.74) is 6.81. The number of aliphatic hydroxyl groups is 1. The van der Waals surface area contributed by atoms with E-state index < -0.39 is 0 Å². The third kappa shape index (κ3) is 3.53. The number of rotatable bonds is 4. The van der Waals surface area contributed by atoms with Crippen molar-refractivity contribution in [3.63, 3.8) is 0 Å². The molecule has 0 unspecified atom stereocenters. The highest BCUT2D eigenvalue weighted by Crippen LogP contribution is 2.26. The van der Waals surface area contributed by atoms with E-state index in [9.17, 15) is 4.79 Å². The zero-order valence-corrected chi connectivity index (χ0v) is 15.4. The Bertz CT molecular complexity index is 882. The van der Waals surface area contributed by atoms with Crippen LogP contribution < -0.4 is 15.5 Å². The van der Waals surface area contributed by atoms with Gasteiger partial charge in [-0.2, -0.15) is 8.97 Å². The maximum atomic E-state index is 12.3. The summed E-state index contributed by atoms with van der Waals surface area (Å²) in [7, 11) is 0. The van der Waals surface area contributed by atoms with Crippen LogP contribution in [0.2, 0.25) is 5.15 Å². The summed E-state index contributed by atoms with van der Waals surface area (Å²) >= 11 is 6.07. The van der Waals surface area contributed by atoms with E-state index in [0.29, 0.717) is 29.1 Å². The molecule has 0 bridgehead atoms. The van der Waals surface area contributed by atoms with E-state index in [1.165, 1.54) is 36.8 Å². The van der Waals surface area contributed by atoms with Gasteiger partial charge in [0.15, 0.2) is 11.0 Å². The Labute approximate surface area is 156 Å². The second-order valence-corrected chi connectivity index (χ2v) is 6.79. The van der Waals surface area contributed by atoms with Crippen LogP contribution in [-0.2, 0) is 0 Å². The number of carbonyl (C=O) groups excluding carboxylic acids is 1. The number of aromatic nitrogens is 3. The molecule has 138 valence electrons. The van der Waals surface area contributed by atoms with Crippen molar-refractivity contribution in [3.05, 3.63) is 35.3 Å². The molecule has 1 saturated carbocycles. The smallest absolute Gasteiger partial charge is 0.342 e. The average molecular weight is 377 g/mol. The number of anilines is 2. The lowest BCUT2D eigenvalue weighted by molar-refractivity contribution is -0.481. The number of hydrogen-bond donors (Lipinski definition) is 3. The summed E-state index contributed by atoms with van der Waals surface area (Å²) in [6, 6.07) is 1.87. The van der Waals surface area contributed by atoms with Crippen molar-refractivity contribution in [2.75, 3.05) is 11.1 Å². The molecule has 0 saturated heterocycles. The fraction of sp³-hybridized carbons (Fsp3) is 0.389. The number of imidazole rings is 1. The highest BCUT2D eigenvalue weighted by molar-refractivity contribution is 6.29. The average Bonchev–Trinajstić information content (AvgIpc) is 2.89. The zero-order valence-electron chi connectivity index (χ0n) is 14.7. The number of fused-ring (bicyclic) bond motifs is 1. The largest absolute Gasteiger partial charge is 0.516 e. The van der Waals surface area contributed by atoms with Gasteiger partial charge in [0.25, 0.3) is 5.91 Å². The predicted octanol–water partition coefficient (Wildman–Crippen LogP) is 3.35. The molecule has 1 fully saturated rings. The molecule has 7 nitrogen and oxygen atoms in total. The van der Waals surface area contributed by atoms with Crippen molar-refractivity contribution < 1.29 is 14.3 Å². The van der Waals surface area contributed by atoms with Crippen LogP contribution in [0.5, 0.6) is 0 Å². The highest BCUT2D eigenvalue weighted by Gasteiger charge is 2.29. The normalized spacial score (nSPS) is 16.1. The van der Waals surface area contributed by atoms with Crippen LogP contribution in [0.1, 0.15) is 49.5 Å². The first-order valence-electron chi connectivity index (χ1n) is 8.70. The molecule has 0 aromatic carbocycles. The number of nitrogens with one attached hydrogen (secondary N) is 1. The molecule has 2 aromatic rings. The van der Waals surface area contributed by atoms with Gasteiger partial charge in [-0.25, -0.2) is 0 Å². The molecule has 4 N–H and O–H groups in total. The number of allylic oxidation sites excluding steroid dienone is 2. The number of halogens is 1. The fourth-order valence-electron chi connectivity index (χ4n) is 3.43. The van der Waals surface area contributed by atoms with Gasteiger partial charge >= 0.3 is 5.78 Å². The first-order valence-corrected chi connectivity index (χ1v) is 9.08. The Morgan fingerprint density at radius 2 is 2.15 bits per heavy atom. The Hall–Kier alpha value is -2.54. The van der Waals surface area contributed by atoms with Crippen LogP contribution in [0.15, 0.2) is 24.5 Å². The van der Waals surface area contributed by atoms with Crippen molar-refractivity contribution in [2.24, 2.45) is 0 Å². The Kier molecular flexibility index (Phi) is 5.46. The molecule has 0 spiro atoms. The zero-order chi connectivity index (χ0) is 18.7. The van der Waals surface area contributed by atoms with Crippen molar-refractivity contribution in [3.8, 4) is 0 Å². The van der Waals surface area contributed by atoms with Crippen LogP contribution in [0.25, 0.3) is 11.9 Å². The molecule has 3 rings (SSSR count). The Balaban J connectivity index is 2.23. The van der Waals surface area contributed by atoms with E-state index in [-0.39, 0.29) is 11.1 Å². The van der Waals surface area contributed by atoms with E-state index in [4.69, 9.17) is 22.4 Å². The number of hydrogen-bond acceptors (Lipinski definition) is 5. The van der Waals surface area contributed by atoms with Gasteiger partial charge in [0, 0.05) is 13.0 Å². The summed E-state index contributed by atoms with van der Waals surface area (Å²) in [4.78, 5) is 16.6. The second-order valence-electron chi connectivity index (χ2n) is 6.41. The van der Waals surface area contributed by atoms with Crippen molar-refractivity contribution in [1.82, 2.24) is 9.55 Å². The van der Waals surface area contributed by atoms with Crippen LogP contribution in [0.3, 0.4) is 0 Å². The van der Waals surface area contributed by atoms with Crippen LogP contribution in [0, 0.1) is 0 Å². The summed E-state index contributed by atoms with van der Waals surface area (Å²) in [5.74, 6) is 1.24. The van der Waals surface area contributed by atoms with Crippen LogP contribution in [0.4, 0.5) is 11.6 Å². The van der Waals surface area contributed by atoms with E-state index in [1.54, 1.807) is 22.6 Å². The van der Waals surface area contributed by atoms with Gasteiger partial charge in [0.2, 0.25) is 5.82 Å². The molecule has 0 atom stereocenters. The minimum Gasteiger partial charge on any atom is -0.516 e. The van der Waals surface area contributed by atoms with Gasteiger partial charge in [0.1, 0.15) is 5.69 Å².